The monoisotopic (exact) mass is 304 g/mol. The van der Waals surface area contributed by atoms with Gasteiger partial charge < -0.3 is 24.1 Å². The lowest BCUT2D eigenvalue weighted by Gasteiger charge is -2.07. The molecular formula is C13H20O6S. The predicted molar refractivity (Wildman–Crippen MR) is 75.0 cm³/mol. The molecule has 0 radical (unpaired) electrons. The molecular weight excluding hydrogens is 284 g/mol. The molecule has 0 aliphatic rings. The quantitative estimate of drug-likeness (QED) is 0.629. The number of hydrogen-bond acceptors (Lipinski definition) is 6. The predicted octanol–water partition coefficient (Wildman–Crippen LogP) is 1.81. The molecule has 0 bridgehead atoms. The fraction of sp³-hybridized carbons (Fsp3) is 0.615. The van der Waals surface area contributed by atoms with Crippen molar-refractivity contribution < 1.29 is 28.8 Å². The van der Waals surface area contributed by atoms with Gasteiger partial charge in [-0.25, -0.2) is 4.79 Å². The Morgan fingerprint density at radius 2 is 1.75 bits per heavy atom. The summed E-state index contributed by atoms with van der Waals surface area (Å²) in [6.07, 6.45) is 0. The van der Waals surface area contributed by atoms with Crippen LogP contribution in [0.3, 0.4) is 0 Å². The Balaban J connectivity index is 2.11. The molecule has 0 amide bonds. The van der Waals surface area contributed by atoms with Crippen LogP contribution in [0.1, 0.15) is 14.5 Å². The standard InChI is InChI=1S/C13H20O6S/c1-10-9-11(12(20-10)13(14)15)19-8-7-18-6-5-17-4-3-16-2/h9H,3-8H2,1-2H3,(H,14,15). The fourth-order valence-corrected chi connectivity index (χ4v) is 2.22. The van der Waals surface area contributed by atoms with E-state index in [1.54, 1.807) is 13.2 Å². The van der Waals surface area contributed by atoms with Crippen LogP contribution in [-0.2, 0) is 14.2 Å². The molecule has 0 fully saturated rings. The minimum atomic E-state index is -0.967. The molecule has 0 atom stereocenters. The Bertz CT molecular complexity index is 404. The average molecular weight is 304 g/mol. The molecule has 0 aromatic carbocycles. The summed E-state index contributed by atoms with van der Waals surface area (Å²) in [4.78, 5) is 12.1. The third-order valence-electron chi connectivity index (χ3n) is 2.30. The number of hydrogen-bond donors (Lipinski definition) is 1. The molecule has 0 aliphatic heterocycles. The van der Waals surface area contributed by atoms with Gasteiger partial charge in [-0.05, 0) is 13.0 Å². The van der Waals surface area contributed by atoms with Crippen LogP contribution in [0, 0.1) is 6.92 Å². The Kier molecular flexibility index (Phi) is 8.20. The minimum absolute atomic E-state index is 0.227. The van der Waals surface area contributed by atoms with E-state index in [-0.39, 0.29) is 4.88 Å². The largest absolute Gasteiger partial charge is 0.489 e. The molecule has 0 spiro atoms. The first-order valence-electron chi connectivity index (χ1n) is 6.26. The highest BCUT2D eigenvalue weighted by Crippen LogP contribution is 2.28. The van der Waals surface area contributed by atoms with Crippen molar-refractivity contribution in [3.8, 4) is 5.75 Å². The van der Waals surface area contributed by atoms with E-state index in [9.17, 15) is 4.79 Å². The van der Waals surface area contributed by atoms with Crippen LogP contribution >= 0.6 is 11.3 Å². The fourth-order valence-electron chi connectivity index (χ4n) is 1.42. The van der Waals surface area contributed by atoms with E-state index >= 15 is 0 Å². The number of aryl methyl sites for hydroxylation is 1. The van der Waals surface area contributed by atoms with Gasteiger partial charge in [0.2, 0.25) is 0 Å². The van der Waals surface area contributed by atoms with Crippen molar-refractivity contribution in [3.05, 3.63) is 15.8 Å². The van der Waals surface area contributed by atoms with Crippen LogP contribution in [0.15, 0.2) is 6.07 Å². The summed E-state index contributed by atoms with van der Waals surface area (Å²) in [7, 11) is 1.62. The molecule has 1 aromatic rings. The molecule has 1 heterocycles. The van der Waals surface area contributed by atoms with Gasteiger partial charge in [0.25, 0.3) is 0 Å². The van der Waals surface area contributed by atoms with Crippen molar-refractivity contribution >= 4 is 17.3 Å². The van der Waals surface area contributed by atoms with Crippen LogP contribution in [0.5, 0.6) is 5.75 Å². The average Bonchev–Trinajstić information content (AvgIpc) is 2.78. The molecule has 0 aliphatic carbocycles. The number of methoxy groups -OCH3 is 1. The van der Waals surface area contributed by atoms with E-state index in [1.165, 1.54) is 11.3 Å². The summed E-state index contributed by atoms with van der Waals surface area (Å²) in [5.74, 6) is -0.564. The second kappa shape index (κ2) is 9.71. The number of rotatable bonds is 11. The first-order valence-corrected chi connectivity index (χ1v) is 7.07. The van der Waals surface area contributed by atoms with Gasteiger partial charge in [-0.3, -0.25) is 0 Å². The third kappa shape index (κ3) is 6.33. The lowest BCUT2D eigenvalue weighted by Crippen LogP contribution is -2.12. The van der Waals surface area contributed by atoms with Crippen LogP contribution in [0.25, 0.3) is 0 Å². The second-order valence-corrected chi connectivity index (χ2v) is 5.18. The molecule has 0 unspecified atom stereocenters. The summed E-state index contributed by atoms with van der Waals surface area (Å²) in [5.41, 5.74) is 0. The maximum atomic E-state index is 11.0. The normalized spacial score (nSPS) is 10.7. The SMILES string of the molecule is COCCOCCOCCOc1cc(C)sc1C(=O)O. The highest BCUT2D eigenvalue weighted by Gasteiger charge is 2.14. The van der Waals surface area contributed by atoms with Crippen molar-refractivity contribution in [1.29, 1.82) is 0 Å². The van der Waals surface area contributed by atoms with E-state index in [0.29, 0.717) is 45.4 Å². The minimum Gasteiger partial charge on any atom is -0.489 e. The van der Waals surface area contributed by atoms with E-state index < -0.39 is 5.97 Å². The smallest absolute Gasteiger partial charge is 0.349 e. The van der Waals surface area contributed by atoms with Crippen LogP contribution in [0.2, 0.25) is 0 Å². The molecule has 114 valence electrons. The van der Waals surface area contributed by atoms with Gasteiger partial charge in [0.1, 0.15) is 12.4 Å². The van der Waals surface area contributed by atoms with E-state index in [1.807, 2.05) is 6.92 Å². The molecule has 1 aromatic heterocycles. The summed E-state index contributed by atoms with van der Waals surface area (Å²) < 4.78 is 20.8. The van der Waals surface area contributed by atoms with E-state index in [2.05, 4.69) is 0 Å². The maximum absolute atomic E-state index is 11.0. The van der Waals surface area contributed by atoms with Crippen molar-refractivity contribution in [2.75, 3.05) is 46.8 Å². The first kappa shape index (κ1) is 16.9. The van der Waals surface area contributed by atoms with Crippen LogP contribution < -0.4 is 4.74 Å². The van der Waals surface area contributed by atoms with E-state index in [4.69, 9.17) is 24.1 Å². The summed E-state index contributed by atoms with van der Waals surface area (Å²) >= 11 is 1.20. The topological polar surface area (TPSA) is 74.2 Å². The number of carbonyl (C=O) groups is 1. The van der Waals surface area contributed by atoms with Crippen molar-refractivity contribution in [1.82, 2.24) is 0 Å². The molecule has 0 saturated heterocycles. The van der Waals surface area contributed by atoms with Gasteiger partial charge in [-0.1, -0.05) is 0 Å². The van der Waals surface area contributed by atoms with E-state index in [0.717, 1.165) is 4.88 Å². The molecule has 1 rings (SSSR count). The van der Waals surface area contributed by atoms with Crippen molar-refractivity contribution in [3.63, 3.8) is 0 Å². The number of thiophene rings is 1. The summed E-state index contributed by atoms with van der Waals surface area (Å²) in [6, 6.07) is 1.72. The number of ether oxygens (including phenoxy) is 4. The second-order valence-electron chi connectivity index (χ2n) is 3.92. The molecule has 20 heavy (non-hydrogen) atoms. The Labute approximate surface area is 122 Å². The number of carboxylic acids is 1. The van der Waals surface area contributed by atoms with Gasteiger partial charge in [0.05, 0.1) is 33.0 Å². The number of aromatic carboxylic acids is 1. The van der Waals surface area contributed by atoms with Crippen molar-refractivity contribution in [2.45, 2.75) is 6.92 Å². The zero-order valence-corrected chi connectivity index (χ0v) is 12.5. The maximum Gasteiger partial charge on any atom is 0.349 e. The molecule has 0 saturated carbocycles. The van der Waals surface area contributed by atoms with Crippen LogP contribution in [-0.4, -0.2) is 57.8 Å². The van der Waals surface area contributed by atoms with Crippen LogP contribution in [0.4, 0.5) is 0 Å². The zero-order chi connectivity index (χ0) is 14.8. The van der Waals surface area contributed by atoms with Gasteiger partial charge in [-0.15, -0.1) is 11.3 Å². The van der Waals surface area contributed by atoms with Gasteiger partial charge in [-0.2, -0.15) is 0 Å². The molecule has 7 heteroatoms. The Morgan fingerprint density at radius 1 is 1.15 bits per heavy atom. The van der Waals surface area contributed by atoms with Gasteiger partial charge >= 0.3 is 5.97 Å². The summed E-state index contributed by atoms with van der Waals surface area (Å²) in [6.45, 7) is 4.64. The lowest BCUT2D eigenvalue weighted by atomic mass is 10.4. The number of carboxylic acid groups (broad SMARTS) is 1. The molecule has 6 nitrogen and oxygen atoms in total. The molecule has 1 N–H and O–H groups in total. The van der Waals surface area contributed by atoms with Gasteiger partial charge in [0.15, 0.2) is 4.88 Å². The van der Waals surface area contributed by atoms with Gasteiger partial charge in [0, 0.05) is 12.0 Å². The highest BCUT2D eigenvalue weighted by atomic mass is 32.1. The highest BCUT2D eigenvalue weighted by molar-refractivity contribution is 7.14. The lowest BCUT2D eigenvalue weighted by molar-refractivity contribution is 0.0179. The third-order valence-corrected chi connectivity index (χ3v) is 3.32. The first-order chi connectivity index (χ1) is 9.65. The Morgan fingerprint density at radius 3 is 2.35 bits per heavy atom. The Hall–Kier alpha value is -1.15. The van der Waals surface area contributed by atoms with Crippen molar-refractivity contribution in [2.24, 2.45) is 0 Å². The zero-order valence-electron chi connectivity index (χ0n) is 11.7. The summed E-state index contributed by atoms with van der Waals surface area (Å²) in [5, 5.41) is 8.99.